The molecule has 1 atom stereocenters. The van der Waals surface area contributed by atoms with Crippen LogP contribution in [0.15, 0.2) is 30.3 Å². The molecule has 0 fully saturated rings. The Morgan fingerprint density at radius 1 is 1.29 bits per heavy atom. The van der Waals surface area contributed by atoms with E-state index in [0.717, 1.165) is 18.8 Å². The maximum absolute atomic E-state index is 11.5. The molecule has 1 aliphatic heterocycles. The van der Waals surface area contributed by atoms with Crippen LogP contribution in [0.2, 0.25) is 0 Å². The van der Waals surface area contributed by atoms with E-state index in [1.807, 2.05) is 22.8 Å². The summed E-state index contributed by atoms with van der Waals surface area (Å²) in [5, 5.41) is 8.33. The van der Waals surface area contributed by atoms with Crippen molar-refractivity contribution >= 4 is 10.0 Å². The third-order valence-electron chi connectivity index (χ3n) is 3.94. The van der Waals surface area contributed by atoms with E-state index in [-0.39, 0.29) is 6.54 Å². The van der Waals surface area contributed by atoms with Gasteiger partial charge in [0.25, 0.3) is 0 Å². The highest BCUT2D eigenvalue weighted by Gasteiger charge is 2.28. The van der Waals surface area contributed by atoms with E-state index in [1.165, 1.54) is 16.1 Å². The number of benzene rings is 1. The van der Waals surface area contributed by atoms with Crippen LogP contribution in [-0.2, 0) is 29.5 Å². The van der Waals surface area contributed by atoms with Crippen molar-refractivity contribution in [1.29, 1.82) is 0 Å². The summed E-state index contributed by atoms with van der Waals surface area (Å²) in [4.78, 5) is 0. The Balaban J connectivity index is 1.79. The molecule has 0 N–H and O–H groups in total. The van der Waals surface area contributed by atoms with Gasteiger partial charge < -0.3 is 4.57 Å². The molecule has 2 aromatic rings. The second-order valence-electron chi connectivity index (χ2n) is 5.47. The Kier molecular flexibility index (Phi) is 3.54. The summed E-state index contributed by atoms with van der Waals surface area (Å²) in [6.45, 7) is 1.06. The lowest BCUT2D eigenvalue weighted by Crippen LogP contribution is -2.26. The number of sulfonamides is 1. The second-order valence-corrected chi connectivity index (χ2v) is 7.56. The minimum Gasteiger partial charge on any atom is -0.313 e. The summed E-state index contributed by atoms with van der Waals surface area (Å²) < 4.78 is 26.4. The van der Waals surface area contributed by atoms with Crippen molar-refractivity contribution in [3.63, 3.8) is 0 Å². The van der Waals surface area contributed by atoms with Crippen LogP contribution in [0.25, 0.3) is 0 Å². The zero-order chi connectivity index (χ0) is 15.0. The summed E-state index contributed by atoms with van der Waals surface area (Å²) in [6, 6.07) is 10.3. The topological polar surface area (TPSA) is 68.1 Å². The molecule has 3 rings (SSSR count). The molecular weight excluding hydrogens is 288 g/mol. The third kappa shape index (κ3) is 2.84. The largest absolute Gasteiger partial charge is 0.313 e. The van der Waals surface area contributed by atoms with E-state index in [9.17, 15) is 8.42 Å². The highest BCUT2D eigenvalue weighted by Crippen LogP contribution is 2.29. The van der Waals surface area contributed by atoms with E-state index in [0.29, 0.717) is 11.7 Å². The lowest BCUT2D eigenvalue weighted by molar-refractivity contribution is 0.449. The minimum absolute atomic E-state index is 0.257. The van der Waals surface area contributed by atoms with Crippen molar-refractivity contribution in [2.24, 2.45) is 0 Å². The molecule has 1 unspecified atom stereocenters. The zero-order valence-corrected chi connectivity index (χ0v) is 12.9. The summed E-state index contributed by atoms with van der Waals surface area (Å²) in [5.41, 5.74) is 1.28. The van der Waals surface area contributed by atoms with Gasteiger partial charge in [-0.25, -0.2) is 8.42 Å². The van der Waals surface area contributed by atoms with Gasteiger partial charge in [0.2, 0.25) is 10.0 Å². The molecule has 0 bridgehead atoms. The highest BCUT2D eigenvalue weighted by molar-refractivity contribution is 7.88. The molecule has 1 aromatic carbocycles. The number of hydrogen-bond donors (Lipinski definition) is 0. The van der Waals surface area contributed by atoms with Gasteiger partial charge in [0.1, 0.15) is 11.6 Å². The monoisotopic (exact) mass is 306 g/mol. The maximum Gasteiger partial charge on any atom is 0.211 e. The molecule has 6 nitrogen and oxygen atoms in total. The lowest BCUT2D eigenvalue weighted by Gasteiger charge is -2.14. The maximum atomic E-state index is 11.5. The van der Waals surface area contributed by atoms with Gasteiger partial charge in [0.15, 0.2) is 0 Å². The van der Waals surface area contributed by atoms with E-state index in [1.54, 1.807) is 7.05 Å². The van der Waals surface area contributed by atoms with Crippen molar-refractivity contribution in [2.75, 3.05) is 13.3 Å². The first-order valence-electron chi connectivity index (χ1n) is 6.82. The molecule has 1 aromatic heterocycles. The molecule has 0 spiro atoms. The number of rotatable bonds is 4. The fourth-order valence-corrected chi connectivity index (χ4v) is 2.97. The van der Waals surface area contributed by atoms with Crippen molar-refractivity contribution in [2.45, 2.75) is 25.4 Å². The average molecular weight is 306 g/mol. The van der Waals surface area contributed by atoms with Crippen LogP contribution in [0.1, 0.15) is 23.1 Å². The molecule has 21 heavy (non-hydrogen) atoms. The predicted octanol–water partition coefficient (Wildman–Crippen LogP) is 1.01. The van der Waals surface area contributed by atoms with E-state index >= 15 is 0 Å². The Labute approximate surface area is 124 Å². The van der Waals surface area contributed by atoms with Crippen molar-refractivity contribution in [1.82, 2.24) is 19.1 Å². The predicted molar refractivity (Wildman–Crippen MR) is 79.2 cm³/mol. The Hall–Kier alpha value is -1.73. The molecule has 112 valence electrons. The van der Waals surface area contributed by atoms with Gasteiger partial charge in [-0.1, -0.05) is 30.3 Å². The van der Waals surface area contributed by atoms with Gasteiger partial charge in [-0.3, -0.25) is 0 Å². The van der Waals surface area contributed by atoms with Crippen molar-refractivity contribution in [3.05, 3.63) is 47.5 Å². The minimum atomic E-state index is -3.21. The van der Waals surface area contributed by atoms with Gasteiger partial charge in [-0.15, -0.1) is 10.2 Å². The van der Waals surface area contributed by atoms with E-state index < -0.39 is 10.0 Å². The number of nitrogens with zero attached hydrogens (tertiary/aromatic N) is 4. The standard InChI is InChI=1S/C14H18N4O2S/c1-17(21(2,19)20)10-14-16-15-13-8-12(9-18(13)14)11-6-4-3-5-7-11/h3-7,12H,8-10H2,1-2H3. The SMILES string of the molecule is CN(Cc1nnc2n1CC(c1ccccc1)C2)S(C)(=O)=O. The Bertz CT molecular complexity index is 740. The van der Waals surface area contributed by atoms with Crippen LogP contribution in [0.4, 0.5) is 0 Å². The fraction of sp³-hybridized carbons (Fsp3) is 0.429. The number of hydrogen-bond acceptors (Lipinski definition) is 4. The first-order chi connectivity index (χ1) is 9.95. The smallest absolute Gasteiger partial charge is 0.211 e. The van der Waals surface area contributed by atoms with Crippen LogP contribution in [-0.4, -0.2) is 40.8 Å². The van der Waals surface area contributed by atoms with Crippen LogP contribution in [0.5, 0.6) is 0 Å². The van der Waals surface area contributed by atoms with Crippen LogP contribution < -0.4 is 0 Å². The second kappa shape index (κ2) is 5.23. The number of fused-ring (bicyclic) bond motifs is 1. The molecule has 7 heteroatoms. The summed E-state index contributed by atoms with van der Waals surface area (Å²) >= 11 is 0. The molecule has 0 saturated carbocycles. The van der Waals surface area contributed by atoms with Gasteiger partial charge in [-0.2, -0.15) is 4.31 Å². The Morgan fingerprint density at radius 2 is 2.00 bits per heavy atom. The molecule has 2 heterocycles. The molecule has 0 aliphatic carbocycles. The zero-order valence-electron chi connectivity index (χ0n) is 12.1. The first kappa shape index (κ1) is 14.2. The lowest BCUT2D eigenvalue weighted by atomic mass is 9.98. The first-order valence-corrected chi connectivity index (χ1v) is 8.67. The van der Waals surface area contributed by atoms with Crippen LogP contribution in [0.3, 0.4) is 0 Å². The van der Waals surface area contributed by atoms with Crippen molar-refractivity contribution < 1.29 is 8.42 Å². The average Bonchev–Trinajstić information content (AvgIpc) is 3.01. The molecule has 0 radical (unpaired) electrons. The van der Waals surface area contributed by atoms with Gasteiger partial charge >= 0.3 is 0 Å². The summed E-state index contributed by atoms with van der Waals surface area (Å²) in [6.07, 6.45) is 2.04. The fourth-order valence-electron chi connectivity index (χ4n) is 2.62. The summed E-state index contributed by atoms with van der Waals surface area (Å²) in [5.74, 6) is 2.02. The van der Waals surface area contributed by atoms with Crippen LogP contribution >= 0.6 is 0 Å². The summed E-state index contributed by atoms with van der Waals surface area (Å²) in [7, 11) is -1.65. The molecule has 0 saturated heterocycles. The van der Waals surface area contributed by atoms with Crippen molar-refractivity contribution in [3.8, 4) is 0 Å². The van der Waals surface area contributed by atoms with E-state index in [2.05, 4.69) is 22.3 Å². The van der Waals surface area contributed by atoms with Gasteiger partial charge in [0.05, 0.1) is 12.8 Å². The molecule has 0 amide bonds. The number of aromatic nitrogens is 3. The normalized spacial score (nSPS) is 18.1. The van der Waals surface area contributed by atoms with Gasteiger partial charge in [0, 0.05) is 25.9 Å². The Morgan fingerprint density at radius 3 is 2.67 bits per heavy atom. The highest BCUT2D eigenvalue weighted by atomic mass is 32.2. The third-order valence-corrected chi connectivity index (χ3v) is 5.20. The van der Waals surface area contributed by atoms with Crippen LogP contribution in [0, 0.1) is 0 Å². The van der Waals surface area contributed by atoms with E-state index in [4.69, 9.17) is 0 Å². The molecule has 1 aliphatic rings. The molecular formula is C14H18N4O2S. The van der Waals surface area contributed by atoms with Gasteiger partial charge in [-0.05, 0) is 5.56 Å². The quantitative estimate of drug-likeness (QED) is 0.845.